The predicted molar refractivity (Wildman–Crippen MR) is 94.0 cm³/mol. The molecule has 1 heterocycles. The van der Waals surface area contributed by atoms with E-state index in [1.165, 1.54) is 0 Å². The van der Waals surface area contributed by atoms with Crippen molar-refractivity contribution in [3.05, 3.63) is 46.8 Å². The van der Waals surface area contributed by atoms with Crippen LogP contribution in [0.15, 0.2) is 24.3 Å². The molecule has 1 aromatic heterocycles. The molecule has 23 heavy (non-hydrogen) atoms. The van der Waals surface area contributed by atoms with Gasteiger partial charge in [0.1, 0.15) is 5.69 Å². The van der Waals surface area contributed by atoms with Crippen molar-refractivity contribution in [1.82, 2.24) is 9.97 Å². The van der Waals surface area contributed by atoms with E-state index < -0.39 is 0 Å². The number of nitrogens with zero attached hydrogens (tertiary/aromatic N) is 2. The monoisotopic (exact) mass is 312 g/mol. The lowest BCUT2D eigenvalue weighted by Crippen LogP contribution is -2.18. The molecule has 0 saturated carbocycles. The number of benzene rings is 1. The van der Waals surface area contributed by atoms with Gasteiger partial charge in [-0.3, -0.25) is 4.79 Å². The van der Waals surface area contributed by atoms with Crippen LogP contribution in [0.5, 0.6) is 0 Å². The van der Waals surface area contributed by atoms with Crippen LogP contribution in [0.3, 0.4) is 0 Å². The zero-order chi connectivity index (χ0) is 17.0. The number of carbonyl (C=O) groups excluding carboxylic acids is 1. The largest absolute Gasteiger partial charge is 0.354 e. The molecule has 2 N–H and O–H groups in total. The van der Waals surface area contributed by atoms with E-state index in [0.717, 1.165) is 29.1 Å². The Balaban J connectivity index is 2.20. The second kappa shape index (κ2) is 7.22. The van der Waals surface area contributed by atoms with Crippen molar-refractivity contribution in [3.63, 3.8) is 0 Å². The zero-order valence-electron chi connectivity index (χ0n) is 14.4. The van der Waals surface area contributed by atoms with Gasteiger partial charge in [-0.1, -0.05) is 26.0 Å². The Kier molecular flexibility index (Phi) is 5.32. The highest BCUT2D eigenvalue weighted by molar-refractivity contribution is 6.03. The molecular formula is C18H24N4O. The maximum atomic E-state index is 12.5. The average molecular weight is 312 g/mol. The summed E-state index contributed by atoms with van der Waals surface area (Å²) in [5.41, 5.74) is 4.06. The third-order valence-electron chi connectivity index (χ3n) is 3.40. The van der Waals surface area contributed by atoms with E-state index in [-0.39, 0.29) is 5.91 Å². The van der Waals surface area contributed by atoms with Gasteiger partial charge >= 0.3 is 0 Å². The van der Waals surface area contributed by atoms with Crippen LogP contribution in [-0.2, 0) is 0 Å². The molecule has 2 aromatic rings. The van der Waals surface area contributed by atoms with Crippen molar-refractivity contribution in [2.45, 2.75) is 34.6 Å². The zero-order valence-corrected chi connectivity index (χ0v) is 14.4. The van der Waals surface area contributed by atoms with Crippen LogP contribution in [0.2, 0.25) is 0 Å². The first kappa shape index (κ1) is 16.9. The van der Waals surface area contributed by atoms with Gasteiger partial charge in [0.05, 0.1) is 0 Å². The Bertz CT molecular complexity index is 710. The fourth-order valence-electron chi connectivity index (χ4n) is 2.12. The first-order chi connectivity index (χ1) is 10.8. The van der Waals surface area contributed by atoms with E-state index in [0.29, 0.717) is 17.6 Å². The molecule has 0 radical (unpaired) electrons. The maximum Gasteiger partial charge on any atom is 0.274 e. The highest BCUT2D eigenvalue weighted by atomic mass is 16.1. The van der Waals surface area contributed by atoms with Crippen LogP contribution >= 0.6 is 0 Å². The lowest BCUT2D eigenvalue weighted by Gasteiger charge is -2.11. The summed E-state index contributed by atoms with van der Waals surface area (Å²) >= 11 is 0. The fraction of sp³-hybridized carbons (Fsp3) is 0.389. The summed E-state index contributed by atoms with van der Waals surface area (Å²) in [5, 5.41) is 6.09. The Morgan fingerprint density at radius 1 is 1.13 bits per heavy atom. The smallest absolute Gasteiger partial charge is 0.274 e. The second-order valence-corrected chi connectivity index (χ2v) is 6.27. The summed E-state index contributed by atoms with van der Waals surface area (Å²) < 4.78 is 0. The molecule has 1 aromatic carbocycles. The van der Waals surface area contributed by atoms with Crippen molar-refractivity contribution in [1.29, 1.82) is 0 Å². The van der Waals surface area contributed by atoms with Crippen LogP contribution in [0, 0.1) is 26.7 Å². The predicted octanol–water partition coefficient (Wildman–Crippen LogP) is 3.72. The summed E-state index contributed by atoms with van der Waals surface area (Å²) in [6.07, 6.45) is 0. The Morgan fingerprint density at radius 3 is 2.57 bits per heavy atom. The molecule has 122 valence electrons. The molecule has 0 atom stereocenters. The van der Waals surface area contributed by atoms with E-state index in [9.17, 15) is 4.79 Å². The van der Waals surface area contributed by atoms with E-state index in [2.05, 4.69) is 34.4 Å². The van der Waals surface area contributed by atoms with Crippen molar-refractivity contribution in [2.24, 2.45) is 5.92 Å². The Hall–Kier alpha value is -2.43. The molecule has 0 saturated heterocycles. The first-order valence-corrected chi connectivity index (χ1v) is 7.83. The lowest BCUT2D eigenvalue weighted by atomic mass is 10.1. The number of hydrogen-bond donors (Lipinski definition) is 2. The normalized spacial score (nSPS) is 10.7. The molecule has 0 unspecified atom stereocenters. The maximum absolute atomic E-state index is 12.5. The highest BCUT2D eigenvalue weighted by Gasteiger charge is 2.12. The minimum atomic E-state index is -0.225. The van der Waals surface area contributed by atoms with Crippen molar-refractivity contribution < 1.29 is 4.79 Å². The highest BCUT2D eigenvalue weighted by Crippen LogP contribution is 2.17. The van der Waals surface area contributed by atoms with Gasteiger partial charge in [0, 0.05) is 17.9 Å². The minimum absolute atomic E-state index is 0.225. The van der Waals surface area contributed by atoms with Crippen molar-refractivity contribution in [2.75, 3.05) is 17.2 Å². The van der Waals surface area contributed by atoms with Crippen LogP contribution in [0.1, 0.15) is 41.2 Å². The quantitative estimate of drug-likeness (QED) is 0.883. The molecule has 0 bridgehead atoms. The summed E-state index contributed by atoms with van der Waals surface area (Å²) in [6, 6.07) is 7.67. The molecule has 5 heteroatoms. The van der Waals surface area contributed by atoms with Gasteiger partial charge in [-0.15, -0.1) is 0 Å². The van der Waals surface area contributed by atoms with Crippen LogP contribution in [0.4, 0.5) is 11.6 Å². The van der Waals surface area contributed by atoms with Gasteiger partial charge in [-0.2, -0.15) is 0 Å². The van der Waals surface area contributed by atoms with E-state index in [1.54, 1.807) is 6.07 Å². The van der Waals surface area contributed by atoms with Gasteiger partial charge in [0.25, 0.3) is 5.91 Å². The van der Waals surface area contributed by atoms with Gasteiger partial charge in [-0.05, 0) is 49.9 Å². The van der Waals surface area contributed by atoms with Gasteiger partial charge < -0.3 is 10.6 Å². The molecule has 0 aliphatic heterocycles. The molecule has 1 amide bonds. The van der Waals surface area contributed by atoms with Crippen molar-refractivity contribution >= 4 is 17.5 Å². The van der Waals surface area contributed by atoms with Crippen LogP contribution < -0.4 is 10.6 Å². The number of hydrogen-bond acceptors (Lipinski definition) is 4. The van der Waals surface area contributed by atoms with E-state index in [1.807, 2.05) is 39.0 Å². The van der Waals surface area contributed by atoms with Crippen LogP contribution in [0.25, 0.3) is 0 Å². The molecule has 0 spiro atoms. The molecule has 2 rings (SSSR count). The Morgan fingerprint density at radius 2 is 1.87 bits per heavy atom. The molecule has 0 fully saturated rings. The number of aryl methyl sites for hydroxylation is 3. The van der Waals surface area contributed by atoms with Gasteiger partial charge in [-0.25, -0.2) is 9.97 Å². The second-order valence-electron chi connectivity index (χ2n) is 6.27. The minimum Gasteiger partial charge on any atom is -0.354 e. The number of nitrogens with one attached hydrogen (secondary N) is 2. The van der Waals surface area contributed by atoms with Crippen molar-refractivity contribution in [3.8, 4) is 0 Å². The first-order valence-electron chi connectivity index (χ1n) is 7.83. The van der Waals surface area contributed by atoms with Gasteiger partial charge in [0.2, 0.25) is 5.95 Å². The fourth-order valence-corrected chi connectivity index (χ4v) is 2.12. The Labute approximate surface area is 137 Å². The average Bonchev–Trinajstić information content (AvgIpc) is 2.48. The number of rotatable bonds is 5. The van der Waals surface area contributed by atoms with E-state index >= 15 is 0 Å². The summed E-state index contributed by atoms with van der Waals surface area (Å²) in [5.74, 6) is 0.743. The number of anilines is 2. The summed E-state index contributed by atoms with van der Waals surface area (Å²) in [6.45, 7) is 10.8. The number of amides is 1. The summed E-state index contributed by atoms with van der Waals surface area (Å²) in [7, 11) is 0. The molecule has 0 aliphatic carbocycles. The topological polar surface area (TPSA) is 66.9 Å². The van der Waals surface area contributed by atoms with Crippen LogP contribution in [-0.4, -0.2) is 22.4 Å². The SMILES string of the molecule is Cc1ccc(C)c(NC(=O)c2cc(C)nc(NCC(C)C)n2)c1. The third-order valence-corrected chi connectivity index (χ3v) is 3.40. The standard InChI is InChI=1S/C18H24N4O/c1-11(2)10-19-18-20-14(5)9-16(22-18)17(23)21-15-8-12(3)6-7-13(15)4/h6-9,11H,10H2,1-5H3,(H,21,23)(H,19,20,22). The summed E-state index contributed by atoms with van der Waals surface area (Å²) in [4.78, 5) is 21.1. The number of carbonyl (C=O) groups is 1. The van der Waals surface area contributed by atoms with Gasteiger partial charge in [0.15, 0.2) is 0 Å². The van der Waals surface area contributed by atoms with E-state index in [4.69, 9.17) is 0 Å². The lowest BCUT2D eigenvalue weighted by molar-refractivity contribution is 0.102. The molecular weight excluding hydrogens is 288 g/mol. The molecule has 5 nitrogen and oxygen atoms in total. The number of aromatic nitrogens is 2. The molecule has 0 aliphatic rings. The third kappa shape index (κ3) is 4.77.